The summed E-state index contributed by atoms with van der Waals surface area (Å²) in [5.41, 5.74) is 4.64. The molecule has 0 radical (unpaired) electrons. The molecule has 13 nitrogen and oxygen atoms in total. The number of nitrogens with zero attached hydrogens (tertiary/aromatic N) is 9. The molecular weight excluding hydrogens is 789 g/mol. The molecule has 9 rings (SSSR count). The molecule has 0 aliphatic carbocycles. The van der Waals surface area contributed by atoms with Crippen LogP contribution < -0.4 is 19.8 Å². The highest BCUT2D eigenvalue weighted by atomic mass is 35.5. The Morgan fingerprint density at radius 2 is 1.59 bits per heavy atom. The van der Waals surface area contributed by atoms with Gasteiger partial charge in [-0.05, 0) is 86.1 Å². The van der Waals surface area contributed by atoms with Gasteiger partial charge in [0.2, 0.25) is 11.8 Å². The van der Waals surface area contributed by atoms with Gasteiger partial charge < -0.3 is 14.5 Å². The molecule has 5 aromatic rings. The van der Waals surface area contributed by atoms with Gasteiger partial charge in [-0.2, -0.15) is 5.10 Å². The van der Waals surface area contributed by atoms with Crippen molar-refractivity contribution >= 4 is 52.7 Å². The second-order valence-electron chi connectivity index (χ2n) is 15.8. The zero-order valence-corrected chi connectivity index (χ0v) is 34.3. The lowest BCUT2D eigenvalue weighted by molar-refractivity contribution is -0.134. The highest BCUT2D eigenvalue weighted by Gasteiger charge is 2.29. The maximum atomic E-state index is 16.2. The molecule has 306 valence electrons. The number of amides is 2. The first-order chi connectivity index (χ1) is 28.8. The second-order valence-corrected chi connectivity index (χ2v) is 17.1. The van der Waals surface area contributed by atoms with Crippen LogP contribution in [0.1, 0.15) is 50.0 Å². The van der Waals surface area contributed by atoms with Gasteiger partial charge >= 0.3 is 0 Å². The minimum Gasteiger partial charge on any atom is -0.368 e. The van der Waals surface area contributed by atoms with Crippen molar-refractivity contribution < 1.29 is 14.0 Å². The van der Waals surface area contributed by atoms with Crippen LogP contribution in [0.4, 0.5) is 21.6 Å². The average molecular weight is 836 g/mol. The van der Waals surface area contributed by atoms with Gasteiger partial charge in [-0.3, -0.25) is 24.8 Å². The Balaban J connectivity index is 0.808. The largest absolute Gasteiger partial charge is 0.368 e. The quantitative estimate of drug-likeness (QED) is 0.107. The van der Waals surface area contributed by atoms with Crippen LogP contribution in [0.2, 0.25) is 5.02 Å². The first kappa shape index (κ1) is 39.4. The Morgan fingerprint density at radius 1 is 0.831 bits per heavy atom. The Bertz CT molecular complexity index is 2260. The van der Waals surface area contributed by atoms with E-state index in [-0.39, 0.29) is 17.7 Å². The molecule has 4 aromatic heterocycles. The Morgan fingerprint density at radius 3 is 2.31 bits per heavy atom. The number of anilines is 3. The van der Waals surface area contributed by atoms with Crippen molar-refractivity contribution in [1.29, 1.82) is 0 Å². The van der Waals surface area contributed by atoms with Gasteiger partial charge in [0.05, 0.1) is 23.5 Å². The fourth-order valence-electron chi connectivity index (χ4n) is 8.57. The number of aromatic nitrogens is 5. The van der Waals surface area contributed by atoms with Gasteiger partial charge in [0.25, 0.3) is 0 Å². The highest BCUT2D eigenvalue weighted by Crippen LogP contribution is 2.39. The van der Waals surface area contributed by atoms with E-state index in [1.807, 2.05) is 42.7 Å². The predicted octanol–water partition coefficient (Wildman–Crippen LogP) is 6.81. The lowest BCUT2D eigenvalue weighted by Crippen LogP contribution is -2.49. The Labute approximate surface area is 352 Å². The summed E-state index contributed by atoms with van der Waals surface area (Å²) in [4.78, 5) is 44.8. The number of carbonyl (C=O) groups excluding carboxylic acids is 2. The summed E-state index contributed by atoms with van der Waals surface area (Å²) in [6.07, 6.45) is 14.3. The molecular formula is C43H47ClFN11O2S. The van der Waals surface area contributed by atoms with Crippen LogP contribution in [-0.4, -0.2) is 105 Å². The number of rotatable bonds is 11. The summed E-state index contributed by atoms with van der Waals surface area (Å²) < 4.78 is 23.3. The van der Waals surface area contributed by atoms with Gasteiger partial charge in [0.15, 0.2) is 11.6 Å². The summed E-state index contributed by atoms with van der Waals surface area (Å²) >= 11 is 8.00. The van der Waals surface area contributed by atoms with Crippen LogP contribution in [0.15, 0.2) is 79.5 Å². The Hall–Kier alpha value is -5.09. The lowest BCUT2D eigenvalue weighted by Gasteiger charge is -2.39. The monoisotopic (exact) mass is 835 g/mol. The minimum absolute atomic E-state index is 0.202. The van der Waals surface area contributed by atoms with E-state index >= 15 is 4.39 Å². The van der Waals surface area contributed by atoms with E-state index in [9.17, 15) is 9.59 Å². The molecule has 16 heteroatoms. The molecule has 1 atom stereocenters. The van der Waals surface area contributed by atoms with Crippen LogP contribution >= 0.6 is 23.7 Å². The van der Waals surface area contributed by atoms with Gasteiger partial charge in [-0.1, -0.05) is 17.7 Å². The maximum Gasteiger partial charge on any atom is 0.234 e. The number of hydrogen-bond acceptors (Lipinski definition) is 12. The van der Waals surface area contributed by atoms with Crippen molar-refractivity contribution in [1.82, 2.24) is 39.3 Å². The summed E-state index contributed by atoms with van der Waals surface area (Å²) in [6.45, 7) is 8.74. The van der Waals surface area contributed by atoms with E-state index in [0.717, 1.165) is 107 Å². The molecule has 59 heavy (non-hydrogen) atoms. The van der Waals surface area contributed by atoms with Gasteiger partial charge in [-0.25, -0.2) is 23.3 Å². The number of imide groups is 1. The first-order valence-electron chi connectivity index (χ1n) is 20.5. The van der Waals surface area contributed by atoms with E-state index in [1.54, 1.807) is 35.4 Å². The molecule has 4 aliphatic heterocycles. The molecule has 0 saturated carbocycles. The van der Waals surface area contributed by atoms with Crippen molar-refractivity contribution in [2.24, 2.45) is 5.92 Å². The Kier molecular flexibility index (Phi) is 11.8. The van der Waals surface area contributed by atoms with Crippen molar-refractivity contribution in [2.75, 3.05) is 73.4 Å². The third-order valence-electron chi connectivity index (χ3n) is 11.9. The molecule has 8 heterocycles. The van der Waals surface area contributed by atoms with Crippen molar-refractivity contribution in [3.63, 3.8) is 0 Å². The molecule has 1 aromatic carbocycles. The van der Waals surface area contributed by atoms with Crippen LogP contribution in [-0.2, 0) is 9.59 Å². The van der Waals surface area contributed by atoms with Gasteiger partial charge in [0.1, 0.15) is 11.5 Å². The van der Waals surface area contributed by atoms with E-state index in [2.05, 4.69) is 40.1 Å². The number of halogens is 2. The average Bonchev–Trinajstić information content (AvgIpc) is 3.96. The van der Waals surface area contributed by atoms with Crippen LogP contribution in [0.3, 0.4) is 0 Å². The topological polar surface area (TPSA) is 128 Å². The summed E-state index contributed by atoms with van der Waals surface area (Å²) in [6, 6.07) is 15.1. The van der Waals surface area contributed by atoms with Crippen LogP contribution in [0.5, 0.6) is 0 Å². The van der Waals surface area contributed by atoms with Crippen LogP contribution in [0.25, 0.3) is 28.2 Å². The first-order valence-corrected chi connectivity index (χ1v) is 21.7. The SMILES string of the molecule is O=C1CCC(c2ccc(N3CCC(CN4CCN(c5ccc(-n6cc(-c7cc(Cl)cc(NSN8CCCC8)c7F)c(-c7ccncc7)n6)nc5)CC4)CC3)nc2)C(=O)N1. The second kappa shape index (κ2) is 17.6. The van der Waals surface area contributed by atoms with E-state index in [0.29, 0.717) is 52.1 Å². The normalized spacial score (nSPS) is 19.7. The fraction of sp³-hybridized carbons (Fsp3) is 0.395. The van der Waals surface area contributed by atoms with Crippen molar-refractivity contribution in [3.8, 4) is 28.2 Å². The van der Waals surface area contributed by atoms with Crippen molar-refractivity contribution in [3.05, 3.63) is 95.9 Å². The number of piperidine rings is 2. The molecule has 0 spiro atoms. The number of nitrogens with one attached hydrogen (secondary N) is 2. The molecule has 1 unspecified atom stereocenters. The third-order valence-corrected chi connectivity index (χ3v) is 13.1. The summed E-state index contributed by atoms with van der Waals surface area (Å²) in [7, 11) is 0. The molecule has 2 amide bonds. The molecule has 4 saturated heterocycles. The van der Waals surface area contributed by atoms with E-state index in [1.165, 1.54) is 12.1 Å². The summed E-state index contributed by atoms with van der Waals surface area (Å²) in [5, 5.41) is 7.79. The van der Waals surface area contributed by atoms with Crippen LogP contribution in [0, 0.1) is 11.7 Å². The zero-order valence-electron chi connectivity index (χ0n) is 32.8. The highest BCUT2D eigenvalue weighted by molar-refractivity contribution is 7.98. The smallest absolute Gasteiger partial charge is 0.234 e. The molecule has 2 N–H and O–H groups in total. The standard InChI is InChI=1S/C43H47ClFN11O2S/c44-32-23-35(41(45)37(24-32)51-59-55-15-1-2-16-55)36-28-56(50-42(36)30-9-13-46-14-10-30)39-7-4-33(26-48-39)53-21-19-52(20-22-53)27-29-11-17-54(18-12-29)38-6-3-31(25-47-38)34-5-8-40(57)49-43(34)58/h3-4,6-7,9-10,13-14,23-26,28-29,34,51H,1-2,5,8,11-12,15-22,27H2,(H,49,57,58). The minimum atomic E-state index is -0.392. The third kappa shape index (κ3) is 8.93. The van der Waals surface area contributed by atoms with Gasteiger partial charge in [0, 0.05) is 124 Å². The van der Waals surface area contributed by atoms with E-state index < -0.39 is 5.82 Å². The zero-order chi connectivity index (χ0) is 40.3. The van der Waals surface area contributed by atoms with E-state index in [4.69, 9.17) is 26.7 Å². The molecule has 4 aliphatic rings. The van der Waals surface area contributed by atoms with Crippen molar-refractivity contribution in [2.45, 2.75) is 44.4 Å². The van der Waals surface area contributed by atoms with Gasteiger partial charge in [-0.15, -0.1) is 0 Å². The number of benzene rings is 1. The maximum absolute atomic E-state index is 16.2. The fourth-order valence-corrected chi connectivity index (χ4v) is 9.60. The summed E-state index contributed by atoms with van der Waals surface area (Å²) in [5.74, 6) is 1.07. The molecule has 0 bridgehead atoms. The number of pyridine rings is 3. The molecule has 4 fully saturated rings. The number of carbonyl (C=O) groups is 2. The predicted molar refractivity (Wildman–Crippen MR) is 230 cm³/mol. The lowest BCUT2D eigenvalue weighted by atomic mass is 9.91. The number of hydrogen-bond donors (Lipinski definition) is 2. The number of piperazine rings is 1.